The van der Waals surface area contributed by atoms with Gasteiger partial charge in [-0.25, -0.2) is 0 Å². The number of hydrogen-bond donors (Lipinski definition) is 1. The highest BCUT2D eigenvalue weighted by Gasteiger charge is 2.47. The average molecular weight is 231 g/mol. The molecule has 1 aromatic carbocycles. The molecule has 17 heavy (non-hydrogen) atoms. The monoisotopic (exact) mass is 231 g/mol. The number of rotatable bonds is 3. The smallest absolute Gasteiger partial charge is 0.307 e. The van der Waals surface area contributed by atoms with E-state index in [9.17, 15) is 4.79 Å². The molecule has 0 amide bonds. The van der Waals surface area contributed by atoms with Gasteiger partial charge in [0.15, 0.2) is 0 Å². The van der Waals surface area contributed by atoms with Gasteiger partial charge >= 0.3 is 5.97 Å². The van der Waals surface area contributed by atoms with Crippen molar-refractivity contribution in [3.8, 4) is 0 Å². The van der Waals surface area contributed by atoms with Crippen molar-refractivity contribution in [2.45, 2.75) is 25.7 Å². The first-order valence-electron chi connectivity index (χ1n) is 6.23. The summed E-state index contributed by atoms with van der Waals surface area (Å²) in [7, 11) is 0. The lowest BCUT2D eigenvalue weighted by atomic mass is 9.63. The SMILES string of the molecule is O=C(O)Cc1cccc(N2CC3(CCC3)C2)c1. The molecule has 2 fully saturated rings. The maximum absolute atomic E-state index is 10.7. The summed E-state index contributed by atoms with van der Waals surface area (Å²) in [4.78, 5) is 13.0. The Morgan fingerprint density at radius 3 is 2.71 bits per heavy atom. The molecule has 1 N–H and O–H groups in total. The zero-order chi connectivity index (χ0) is 11.9. The van der Waals surface area contributed by atoms with Gasteiger partial charge in [0.1, 0.15) is 0 Å². The number of anilines is 1. The van der Waals surface area contributed by atoms with Crippen molar-refractivity contribution in [3.63, 3.8) is 0 Å². The molecular formula is C14H17NO2. The zero-order valence-electron chi connectivity index (χ0n) is 9.85. The van der Waals surface area contributed by atoms with Gasteiger partial charge in [-0.3, -0.25) is 4.79 Å². The second kappa shape index (κ2) is 3.76. The van der Waals surface area contributed by atoms with Gasteiger partial charge in [-0.2, -0.15) is 0 Å². The number of aliphatic carboxylic acids is 1. The van der Waals surface area contributed by atoms with E-state index in [0.29, 0.717) is 5.41 Å². The van der Waals surface area contributed by atoms with Crippen LogP contribution in [0, 0.1) is 5.41 Å². The minimum atomic E-state index is -0.763. The van der Waals surface area contributed by atoms with E-state index < -0.39 is 5.97 Å². The topological polar surface area (TPSA) is 40.5 Å². The summed E-state index contributed by atoms with van der Waals surface area (Å²) >= 11 is 0. The summed E-state index contributed by atoms with van der Waals surface area (Å²) in [6, 6.07) is 7.94. The molecule has 3 nitrogen and oxygen atoms in total. The summed E-state index contributed by atoms with van der Waals surface area (Å²) in [5.41, 5.74) is 2.69. The number of benzene rings is 1. The van der Waals surface area contributed by atoms with Gasteiger partial charge in [-0.05, 0) is 30.5 Å². The highest BCUT2D eigenvalue weighted by molar-refractivity contribution is 5.71. The zero-order valence-corrected chi connectivity index (χ0v) is 9.85. The molecule has 1 spiro atoms. The standard InChI is InChI=1S/C14H17NO2/c16-13(17)8-11-3-1-4-12(7-11)15-9-14(10-15)5-2-6-14/h1,3-4,7H,2,5-6,8-10H2,(H,16,17). The number of carboxylic acids is 1. The fraction of sp³-hybridized carbons (Fsp3) is 0.500. The third kappa shape index (κ3) is 1.90. The lowest BCUT2D eigenvalue weighted by Crippen LogP contribution is -2.59. The Morgan fingerprint density at radius 2 is 2.12 bits per heavy atom. The lowest BCUT2D eigenvalue weighted by molar-refractivity contribution is -0.136. The Balaban J connectivity index is 1.69. The summed E-state index contributed by atoms with van der Waals surface area (Å²) in [6.45, 7) is 2.31. The van der Waals surface area contributed by atoms with Crippen LogP contribution in [0.2, 0.25) is 0 Å². The molecule has 0 atom stereocenters. The van der Waals surface area contributed by atoms with Gasteiger partial charge < -0.3 is 10.0 Å². The van der Waals surface area contributed by atoms with Crippen LogP contribution in [0.4, 0.5) is 5.69 Å². The van der Waals surface area contributed by atoms with Crippen LogP contribution in [0.1, 0.15) is 24.8 Å². The molecule has 2 aliphatic rings. The van der Waals surface area contributed by atoms with Gasteiger partial charge in [-0.1, -0.05) is 18.6 Å². The molecule has 0 bridgehead atoms. The maximum Gasteiger partial charge on any atom is 0.307 e. The quantitative estimate of drug-likeness (QED) is 0.867. The molecule has 0 aromatic heterocycles. The van der Waals surface area contributed by atoms with Gasteiger partial charge in [0, 0.05) is 24.2 Å². The predicted molar refractivity (Wildman–Crippen MR) is 66.3 cm³/mol. The number of carboxylic acid groups (broad SMARTS) is 1. The molecular weight excluding hydrogens is 214 g/mol. The number of carbonyl (C=O) groups is 1. The van der Waals surface area contributed by atoms with Crippen molar-refractivity contribution in [3.05, 3.63) is 29.8 Å². The van der Waals surface area contributed by atoms with Crippen molar-refractivity contribution >= 4 is 11.7 Å². The van der Waals surface area contributed by atoms with Crippen LogP contribution in [0.3, 0.4) is 0 Å². The normalized spacial score (nSPS) is 20.8. The fourth-order valence-electron chi connectivity index (χ4n) is 2.98. The third-order valence-corrected chi connectivity index (χ3v) is 4.10. The van der Waals surface area contributed by atoms with Gasteiger partial charge in [0.05, 0.1) is 6.42 Å². The van der Waals surface area contributed by atoms with E-state index in [1.807, 2.05) is 18.2 Å². The molecule has 0 radical (unpaired) electrons. The van der Waals surface area contributed by atoms with Gasteiger partial charge in [0.25, 0.3) is 0 Å². The largest absolute Gasteiger partial charge is 0.481 e. The summed E-state index contributed by atoms with van der Waals surface area (Å²) in [5.74, 6) is -0.763. The third-order valence-electron chi connectivity index (χ3n) is 4.10. The van der Waals surface area contributed by atoms with Crippen LogP contribution in [0.25, 0.3) is 0 Å². The Hall–Kier alpha value is -1.51. The molecule has 3 heteroatoms. The summed E-state index contributed by atoms with van der Waals surface area (Å²) in [5, 5.41) is 8.78. The highest BCUT2D eigenvalue weighted by Crippen LogP contribution is 2.49. The molecule has 1 saturated carbocycles. The molecule has 0 unspecified atom stereocenters. The first-order valence-corrected chi connectivity index (χ1v) is 6.23. The van der Waals surface area contributed by atoms with Gasteiger partial charge in [-0.15, -0.1) is 0 Å². The van der Waals surface area contributed by atoms with Crippen LogP contribution in [0.15, 0.2) is 24.3 Å². The lowest BCUT2D eigenvalue weighted by Gasteiger charge is -2.57. The minimum absolute atomic E-state index is 0.118. The number of nitrogens with zero attached hydrogens (tertiary/aromatic N) is 1. The minimum Gasteiger partial charge on any atom is -0.481 e. The van der Waals surface area contributed by atoms with Crippen molar-refractivity contribution < 1.29 is 9.90 Å². The van der Waals surface area contributed by atoms with Crippen LogP contribution >= 0.6 is 0 Å². The first kappa shape index (κ1) is 10.6. The van der Waals surface area contributed by atoms with E-state index in [1.54, 1.807) is 0 Å². The van der Waals surface area contributed by atoms with E-state index in [4.69, 9.17) is 5.11 Å². The Labute approximate surface area is 101 Å². The Morgan fingerprint density at radius 1 is 1.35 bits per heavy atom. The second-order valence-corrected chi connectivity index (χ2v) is 5.45. The van der Waals surface area contributed by atoms with Crippen molar-refractivity contribution in [2.75, 3.05) is 18.0 Å². The van der Waals surface area contributed by atoms with Crippen LogP contribution in [-0.2, 0) is 11.2 Å². The summed E-state index contributed by atoms with van der Waals surface area (Å²) in [6.07, 6.45) is 4.25. The second-order valence-electron chi connectivity index (χ2n) is 5.45. The molecule has 1 heterocycles. The van der Waals surface area contributed by atoms with Crippen molar-refractivity contribution in [1.82, 2.24) is 0 Å². The molecule has 1 aliphatic heterocycles. The molecule has 1 aliphatic carbocycles. The van der Waals surface area contributed by atoms with Crippen LogP contribution in [-0.4, -0.2) is 24.2 Å². The van der Waals surface area contributed by atoms with E-state index in [0.717, 1.165) is 18.7 Å². The molecule has 1 aromatic rings. The van der Waals surface area contributed by atoms with E-state index in [1.165, 1.54) is 24.9 Å². The van der Waals surface area contributed by atoms with Crippen LogP contribution < -0.4 is 4.90 Å². The first-order chi connectivity index (χ1) is 8.17. The molecule has 3 rings (SSSR count). The van der Waals surface area contributed by atoms with E-state index >= 15 is 0 Å². The Kier molecular flexibility index (Phi) is 2.35. The Bertz CT molecular complexity index is 443. The highest BCUT2D eigenvalue weighted by atomic mass is 16.4. The van der Waals surface area contributed by atoms with Gasteiger partial charge in [0.2, 0.25) is 0 Å². The van der Waals surface area contributed by atoms with Crippen molar-refractivity contribution in [2.24, 2.45) is 5.41 Å². The van der Waals surface area contributed by atoms with Crippen LogP contribution in [0.5, 0.6) is 0 Å². The predicted octanol–water partition coefficient (Wildman–Crippen LogP) is 2.30. The number of hydrogen-bond acceptors (Lipinski definition) is 2. The van der Waals surface area contributed by atoms with E-state index in [2.05, 4.69) is 11.0 Å². The van der Waals surface area contributed by atoms with Crippen molar-refractivity contribution in [1.29, 1.82) is 0 Å². The maximum atomic E-state index is 10.7. The molecule has 1 saturated heterocycles. The fourth-order valence-corrected chi connectivity index (χ4v) is 2.98. The summed E-state index contributed by atoms with van der Waals surface area (Å²) < 4.78 is 0. The molecule has 90 valence electrons. The van der Waals surface area contributed by atoms with E-state index in [-0.39, 0.29) is 6.42 Å². The average Bonchev–Trinajstić information content (AvgIpc) is 2.12.